The molecule has 0 aliphatic rings. The summed E-state index contributed by atoms with van der Waals surface area (Å²) in [4.78, 5) is 4.75. The number of ether oxygens (including phenoxy) is 2. The van der Waals surface area contributed by atoms with Gasteiger partial charge in [-0.2, -0.15) is 0 Å². The molecule has 0 aliphatic carbocycles. The maximum Gasteiger partial charge on any atom is 0.118 e. The highest BCUT2D eigenvalue weighted by Crippen LogP contribution is 2.16. The molecule has 0 saturated carbocycles. The van der Waals surface area contributed by atoms with E-state index in [0.29, 0.717) is 0 Å². The minimum absolute atomic E-state index is 0.842. The summed E-state index contributed by atoms with van der Waals surface area (Å²) in [7, 11) is 3.33. The number of methoxy groups -OCH3 is 2. The topological polar surface area (TPSA) is 30.8 Å². The summed E-state index contributed by atoms with van der Waals surface area (Å²) in [6.45, 7) is 0. The minimum Gasteiger partial charge on any atom is -0.497 e. The molecule has 28 heavy (non-hydrogen) atoms. The average Bonchev–Trinajstić information content (AvgIpc) is 2.77. The second kappa shape index (κ2) is 9.93. The summed E-state index contributed by atoms with van der Waals surface area (Å²) >= 11 is 0. The molecule has 140 valence electrons. The standard InChI is InChI=1S/C25H23NO2/c1-27-24-16-10-20(11-17-24)8-14-23(26-22-6-4-3-5-7-22)15-9-21-12-18-25(28-2)19-13-21/h3-19H,1-2H3/b14-8+,15-9+. The van der Waals surface area contributed by atoms with Crippen LogP contribution in [0.3, 0.4) is 0 Å². The van der Waals surface area contributed by atoms with Crippen LogP contribution in [0.25, 0.3) is 12.2 Å². The van der Waals surface area contributed by atoms with Crippen LogP contribution < -0.4 is 9.47 Å². The van der Waals surface area contributed by atoms with E-state index in [1.54, 1.807) is 14.2 Å². The number of aliphatic imine (C=N–C) groups is 1. The Hall–Kier alpha value is -3.59. The summed E-state index contributed by atoms with van der Waals surface area (Å²) in [5.41, 5.74) is 3.94. The van der Waals surface area contributed by atoms with Gasteiger partial charge in [-0.05, 0) is 59.7 Å². The van der Waals surface area contributed by atoms with Gasteiger partial charge in [-0.15, -0.1) is 0 Å². The SMILES string of the molecule is COc1ccc(/C=C/C(/C=C/c2ccc(OC)cc2)=Nc2ccccc2)cc1. The molecule has 0 amide bonds. The van der Waals surface area contributed by atoms with Crippen LogP contribution in [0.5, 0.6) is 11.5 Å². The van der Waals surface area contributed by atoms with Gasteiger partial charge >= 0.3 is 0 Å². The Kier molecular flexibility index (Phi) is 6.80. The molecular weight excluding hydrogens is 346 g/mol. The van der Waals surface area contributed by atoms with E-state index in [-0.39, 0.29) is 0 Å². The van der Waals surface area contributed by atoms with Gasteiger partial charge in [0.2, 0.25) is 0 Å². The number of hydrogen-bond acceptors (Lipinski definition) is 3. The van der Waals surface area contributed by atoms with E-state index in [1.807, 2.05) is 103 Å². The smallest absolute Gasteiger partial charge is 0.118 e. The van der Waals surface area contributed by atoms with Crippen molar-refractivity contribution in [3.05, 3.63) is 102 Å². The van der Waals surface area contributed by atoms with Gasteiger partial charge < -0.3 is 9.47 Å². The Labute approximate surface area is 166 Å². The molecule has 0 aliphatic heterocycles. The first-order valence-electron chi connectivity index (χ1n) is 9.05. The lowest BCUT2D eigenvalue weighted by atomic mass is 10.1. The minimum atomic E-state index is 0.842. The molecule has 0 spiro atoms. The highest BCUT2D eigenvalue weighted by molar-refractivity contribution is 6.09. The van der Waals surface area contributed by atoms with E-state index >= 15 is 0 Å². The lowest BCUT2D eigenvalue weighted by Gasteiger charge is -2.01. The predicted molar refractivity (Wildman–Crippen MR) is 118 cm³/mol. The Morgan fingerprint density at radius 2 is 1.11 bits per heavy atom. The van der Waals surface area contributed by atoms with Gasteiger partial charge in [0.15, 0.2) is 0 Å². The molecule has 3 heteroatoms. The van der Waals surface area contributed by atoms with E-state index in [2.05, 4.69) is 0 Å². The summed E-state index contributed by atoms with van der Waals surface area (Å²) in [5, 5.41) is 0. The first-order chi connectivity index (χ1) is 13.8. The zero-order valence-corrected chi connectivity index (χ0v) is 16.1. The number of para-hydroxylation sites is 1. The summed E-state index contributed by atoms with van der Waals surface area (Å²) < 4.78 is 10.4. The molecule has 0 unspecified atom stereocenters. The molecule has 3 rings (SSSR count). The fourth-order valence-electron chi connectivity index (χ4n) is 2.57. The lowest BCUT2D eigenvalue weighted by molar-refractivity contribution is 0.414. The highest BCUT2D eigenvalue weighted by Gasteiger charge is 1.95. The van der Waals surface area contributed by atoms with Gasteiger partial charge in [0.1, 0.15) is 11.5 Å². The Bertz CT molecular complexity index is 894. The van der Waals surface area contributed by atoms with Gasteiger partial charge in [-0.1, -0.05) is 54.6 Å². The normalized spacial score (nSPS) is 10.9. The second-order valence-electron chi connectivity index (χ2n) is 6.09. The molecule has 0 N–H and O–H groups in total. The Balaban J connectivity index is 1.84. The summed E-state index contributed by atoms with van der Waals surface area (Å²) in [6, 6.07) is 25.8. The van der Waals surface area contributed by atoms with Crippen molar-refractivity contribution in [3.8, 4) is 11.5 Å². The molecule has 0 aromatic heterocycles. The van der Waals surface area contributed by atoms with Crippen molar-refractivity contribution < 1.29 is 9.47 Å². The zero-order chi connectivity index (χ0) is 19.6. The van der Waals surface area contributed by atoms with Crippen molar-refractivity contribution in [1.29, 1.82) is 0 Å². The Morgan fingerprint density at radius 1 is 0.643 bits per heavy atom. The fourth-order valence-corrected chi connectivity index (χ4v) is 2.57. The third-order valence-corrected chi connectivity index (χ3v) is 4.14. The maximum atomic E-state index is 5.21. The summed E-state index contributed by atoms with van der Waals surface area (Å²) in [6.07, 6.45) is 8.10. The van der Waals surface area contributed by atoms with Gasteiger partial charge in [0.05, 0.1) is 25.6 Å². The van der Waals surface area contributed by atoms with E-state index in [0.717, 1.165) is 34.0 Å². The van der Waals surface area contributed by atoms with Gasteiger partial charge in [0.25, 0.3) is 0 Å². The number of allylic oxidation sites excluding steroid dienone is 2. The number of nitrogens with zero attached hydrogens (tertiary/aromatic N) is 1. The fraction of sp³-hybridized carbons (Fsp3) is 0.0800. The van der Waals surface area contributed by atoms with Crippen LogP contribution in [0.1, 0.15) is 11.1 Å². The zero-order valence-electron chi connectivity index (χ0n) is 16.1. The third kappa shape index (κ3) is 5.71. The van der Waals surface area contributed by atoms with Crippen molar-refractivity contribution in [2.45, 2.75) is 0 Å². The van der Waals surface area contributed by atoms with Gasteiger partial charge in [-0.25, -0.2) is 4.99 Å². The van der Waals surface area contributed by atoms with Crippen molar-refractivity contribution in [1.82, 2.24) is 0 Å². The third-order valence-electron chi connectivity index (χ3n) is 4.14. The first kappa shape index (κ1) is 19.2. The largest absolute Gasteiger partial charge is 0.497 e. The molecule has 0 heterocycles. The number of benzene rings is 3. The first-order valence-corrected chi connectivity index (χ1v) is 9.05. The highest BCUT2D eigenvalue weighted by atomic mass is 16.5. The monoisotopic (exact) mass is 369 g/mol. The van der Waals surface area contributed by atoms with Crippen LogP contribution >= 0.6 is 0 Å². The predicted octanol–water partition coefficient (Wildman–Crippen LogP) is 6.20. The van der Waals surface area contributed by atoms with Crippen LogP contribution in [-0.4, -0.2) is 19.9 Å². The van der Waals surface area contributed by atoms with E-state index in [1.165, 1.54) is 0 Å². The number of rotatable bonds is 7. The van der Waals surface area contributed by atoms with Crippen LogP contribution in [0, 0.1) is 0 Å². The van der Waals surface area contributed by atoms with Crippen molar-refractivity contribution in [2.75, 3.05) is 14.2 Å². The van der Waals surface area contributed by atoms with Crippen molar-refractivity contribution in [2.24, 2.45) is 4.99 Å². The molecule has 3 nitrogen and oxygen atoms in total. The van der Waals surface area contributed by atoms with Crippen LogP contribution in [0.2, 0.25) is 0 Å². The van der Waals surface area contributed by atoms with Gasteiger partial charge in [0, 0.05) is 0 Å². The van der Waals surface area contributed by atoms with Gasteiger partial charge in [-0.3, -0.25) is 0 Å². The van der Waals surface area contributed by atoms with E-state index in [9.17, 15) is 0 Å². The Morgan fingerprint density at radius 3 is 1.54 bits per heavy atom. The van der Waals surface area contributed by atoms with Crippen molar-refractivity contribution >= 4 is 23.6 Å². The molecule has 0 radical (unpaired) electrons. The molecule has 0 atom stereocenters. The van der Waals surface area contributed by atoms with Crippen LogP contribution in [0.4, 0.5) is 5.69 Å². The molecule has 0 fully saturated rings. The molecular formula is C25H23NO2. The number of hydrogen-bond donors (Lipinski definition) is 0. The van der Waals surface area contributed by atoms with Crippen LogP contribution in [0.15, 0.2) is 96.0 Å². The van der Waals surface area contributed by atoms with E-state index < -0.39 is 0 Å². The maximum absolute atomic E-state index is 5.21. The lowest BCUT2D eigenvalue weighted by Crippen LogP contribution is -1.88. The molecule has 3 aromatic rings. The molecule has 3 aromatic carbocycles. The van der Waals surface area contributed by atoms with Crippen LogP contribution in [-0.2, 0) is 0 Å². The van der Waals surface area contributed by atoms with E-state index in [4.69, 9.17) is 14.5 Å². The molecule has 0 bridgehead atoms. The summed E-state index contributed by atoms with van der Waals surface area (Å²) in [5.74, 6) is 1.68. The molecule has 0 saturated heterocycles. The second-order valence-corrected chi connectivity index (χ2v) is 6.09. The van der Waals surface area contributed by atoms with Crippen molar-refractivity contribution in [3.63, 3.8) is 0 Å². The average molecular weight is 369 g/mol. The quantitative estimate of drug-likeness (QED) is 0.464.